The molecular weight excluding hydrogens is 852 g/mol. The second-order valence-electron chi connectivity index (χ2n) is 25.8. The predicted molar refractivity (Wildman–Crippen MR) is 308 cm³/mol. The Bertz CT molecular complexity index is 2660. The monoisotopic (exact) mass is 940 g/mol. The minimum Gasteiger partial charge on any atom is -0.338 e. The van der Waals surface area contributed by atoms with Gasteiger partial charge in [0.05, 0.1) is 11.7 Å². The molecule has 2 heterocycles. The molecular formula is C65H88BN2S. The maximum atomic E-state index is 4.42. The van der Waals surface area contributed by atoms with E-state index in [1.165, 1.54) is 101 Å². The van der Waals surface area contributed by atoms with Crippen molar-refractivity contribution in [2.75, 3.05) is 11.4 Å². The molecule has 2 nitrogen and oxygen atoms in total. The van der Waals surface area contributed by atoms with Gasteiger partial charge in [0.15, 0.2) is 0 Å². The molecule has 1 radical (unpaired) electrons. The van der Waals surface area contributed by atoms with Crippen LogP contribution in [-0.2, 0) is 10.8 Å². The van der Waals surface area contributed by atoms with Gasteiger partial charge in [0.1, 0.15) is 0 Å². The first kappa shape index (κ1) is 52.5. The maximum absolute atomic E-state index is 4.42. The number of thiophene rings is 1. The van der Waals surface area contributed by atoms with Crippen LogP contribution < -0.4 is 9.68 Å². The molecule has 0 bridgehead atoms. The molecule has 0 spiro atoms. The molecule has 4 aliphatic carbocycles. The fraction of sp³-hybridized carbons (Fsp3) is 0.508. The number of nitrogens with zero attached hydrogens (tertiary/aromatic N) is 2. The zero-order chi connectivity index (χ0) is 50.4. The molecule has 7 rings (SSSR count). The lowest BCUT2D eigenvalue weighted by Gasteiger charge is -2.44. The maximum Gasteiger partial charge on any atom is 0.210 e. The molecule has 2 aromatic rings. The van der Waals surface area contributed by atoms with E-state index >= 15 is 0 Å². The Labute approximate surface area is 426 Å². The highest BCUT2D eigenvalue weighted by molar-refractivity contribution is 7.29. The standard InChI is InChI=1S/C65H88BN2S/c1-19-24-48-33-38-67(47(32-35-62(9,10)11)26-23-34-61(6,7)8)59-52-41-53-54(65(17,18)37-36-64(53,15)16)42-58(52)69-60(59)66-55-40-46(63(12,13)14)29-31-57(55)68(48)56-30-28-45(43(4)5)39-51(56)50-27-22-25-44(20-2)49(50)21-3/h19-21,23-26,28,32-33,39-43,56H,2-3,22,27,29-31,34-38H2,1,4-18H3/b24-19-,26-23-,47-32+,48-33+. The summed E-state index contributed by atoms with van der Waals surface area (Å²) in [6.45, 7) is 47.6. The van der Waals surface area contributed by atoms with Gasteiger partial charge in [0, 0.05) is 33.7 Å². The molecule has 1 aromatic heterocycles. The molecule has 5 aliphatic rings. The molecule has 1 aromatic carbocycles. The van der Waals surface area contributed by atoms with Gasteiger partial charge in [-0.3, -0.25) is 0 Å². The van der Waals surface area contributed by atoms with Gasteiger partial charge in [-0.1, -0.05) is 183 Å². The zero-order valence-electron chi connectivity index (χ0n) is 46.1. The third-order valence-corrected chi connectivity index (χ3v) is 16.6. The van der Waals surface area contributed by atoms with Crippen molar-refractivity contribution in [2.45, 2.75) is 185 Å². The predicted octanol–water partition coefficient (Wildman–Crippen LogP) is 18.1. The van der Waals surface area contributed by atoms with Gasteiger partial charge >= 0.3 is 0 Å². The first-order valence-corrected chi connectivity index (χ1v) is 27.4. The van der Waals surface area contributed by atoms with Crippen LogP contribution in [0.5, 0.6) is 0 Å². The molecule has 0 saturated heterocycles. The van der Waals surface area contributed by atoms with Crippen molar-refractivity contribution < 1.29 is 0 Å². The summed E-state index contributed by atoms with van der Waals surface area (Å²) in [5.41, 5.74) is 18.5. The van der Waals surface area contributed by atoms with E-state index in [-0.39, 0.29) is 33.1 Å². The van der Waals surface area contributed by atoms with E-state index in [1.54, 1.807) is 0 Å². The molecule has 1 aliphatic heterocycles. The average molecular weight is 940 g/mol. The molecule has 0 N–H and O–H groups in total. The summed E-state index contributed by atoms with van der Waals surface area (Å²) in [6.07, 6.45) is 38.2. The van der Waals surface area contributed by atoms with Crippen LogP contribution in [0.1, 0.15) is 180 Å². The first-order chi connectivity index (χ1) is 32.3. The molecule has 0 amide bonds. The fourth-order valence-corrected chi connectivity index (χ4v) is 12.4. The van der Waals surface area contributed by atoms with E-state index in [2.05, 4.69) is 220 Å². The Balaban J connectivity index is 1.59. The number of hydrogen-bond donors (Lipinski definition) is 0. The van der Waals surface area contributed by atoms with Gasteiger partial charge in [0.2, 0.25) is 7.28 Å². The van der Waals surface area contributed by atoms with Crippen molar-refractivity contribution in [3.05, 3.63) is 165 Å². The summed E-state index contributed by atoms with van der Waals surface area (Å²) in [4.78, 5) is 5.51. The van der Waals surface area contributed by atoms with Crippen molar-refractivity contribution in [1.29, 1.82) is 0 Å². The van der Waals surface area contributed by atoms with Crippen LogP contribution in [0.2, 0.25) is 0 Å². The van der Waals surface area contributed by atoms with E-state index in [9.17, 15) is 0 Å². The second-order valence-corrected chi connectivity index (χ2v) is 26.9. The summed E-state index contributed by atoms with van der Waals surface area (Å²) < 4.78 is 2.74. The highest BCUT2D eigenvalue weighted by Gasteiger charge is 2.40. The van der Waals surface area contributed by atoms with Crippen LogP contribution >= 0.6 is 11.3 Å². The Hall–Kier alpha value is -4.28. The highest BCUT2D eigenvalue weighted by Crippen LogP contribution is 2.50. The lowest BCUT2D eigenvalue weighted by molar-refractivity contribution is 0.332. The molecule has 1 unspecified atom stereocenters. The van der Waals surface area contributed by atoms with E-state index in [4.69, 9.17) is 0 Å². The van der Waals surface area contributed by atoms with Crippen LogP contribution in [0.25, 0.3) is 10.1 Å². The van der Waals surface area contributed by atoms with E-state index < -0.39 is 0 Å². The van der Waals surface area contributed by atoms with Crippen LogP contribution in [0.15, 0.2) is 154 Å². The Morgan fingerprint density at radius 2 is 1.54 bits per heavy atom. The third kappa shape index (κ3) is 11.4. The lowest BCUT2D eigenvalue weighted by atomic mass is 9.61. The Morgan fingerprint density at radius 3 is 2.14 bits per heavy atom. The summed E-state index contributed by atoms with van der Waals surface area (Å²) >= 11 is 2.01. The number of rotatable bonds is 10. The van der Waals surface area contributed by atoms with Crippen molar-refractivity contribution >= 4 is 39.2 Å². The second kappa shape index (κ2) is 20.1. The molecule has 367 valence electrons. The highest BCUT2D eigenvalue weighted by atomic mass is 32.1. The van der Waals surface area contributed by atoms with Crippen molar-refractivity contribution in [3.63, 3.8) is 0 Å². The molecule has 0 fully saturated rings. The molecule has 0 saturated carbocycles. The van der Waals surface area contributed by atoms with Gasteiger partial charge in [-0.05, 0) is 172 Å². The summed E-state index contributed by atoms with van der Waals surface area (Å²) in [7, 11) is 2.63. The number of allylic oxidation sites excluding steroid dienone is 16. The van der Waals surface area contributed by atoms with Crippen molar-refractivity contribution in [2.24, 2.45) is 22.2 Å². The summed E-state index contributed by atoms with van der Waals surface area (Å²) in [6, 6.07) is 5.35. The van der Waals surface area contributed by atoms with Crippen molar-refractivity contribution in [3.8, 4) is 0 Å². The van der Waals surface area contributed by atoms with Crippen LogP contribution in [0, 0.1) is 22.2 Å². The zero-order valence-corrected chi connectivity index (χ0v) is 46.9. The van der Waals surface area contributed by atoms with Gasteiger partial charge in [-0.15, -0.1) is 11.3 Å². The lowest BCUT2D eigenvalue weighted by Crippen LogP contribution is -2.41. The van der Waals surface area contributed by atoms with Gasteiger partial charge in [0.25, 0.3) is 0 Å². The van der Waals surface area contributed by atoms with Gasteiger partial charge in [-0.2, -0.15) is 0 Å². The summed E-state index contributed by atoms with van der Waals surface area (Å²) in [5.74, 6) is 0.429. The van der Waals surface area contributed by atoms with Gasteiger partial charge < -0.3 is 9.80 Å². The number of hydrogen-bond acceptors (Lipinski definition) is 3. The fourth-order valence-electron chi connectivity index (χ4n) is 11.2. The van der Waals surface area contributed by atoms with E-state index in [0.717, 1.165) is 51.5 Å². The molecule has 4 heteroatoms. The third-order valence-electron chi connectivity index (χ3n) is 15.5. The Kier molecular flexibility index (Phi) is 15.3. The molecule has 69 heavy (non-hydrogen) atoms. The van der Waals surface area contributed by atoms with Gasteiger partial charge in [-0.25, -0.2) is 0 Å². The number of anilines is 1. The topological polar surface area (TPSA) is 6.48 Å². The minimum absolute atomic E-state index is 0.0461. The number of fused-ring (bicyclic) bond motifs is 4. The smallest absolute Gasteiger partial charge is 0.210 e. The van der Waals surface area contributed by atoms with Crippen LogP contribution in [-0.4, -0.2) is 24.8 Å². The summed E-state index contributed by atoms with van der Waals surface area (Å²) in [5, 5.41) is 1.38. The minimum atomic E-state index is 0.0461. The normalized spacial score (nSPS) is 22.4. The largest absolute Gasteiger partial charge is 0.338 e. The van der Waals surface area contributed by atoms with Crippen LogP contribution in [0.3, 0.4) is 0 Å². The van der Waals surface area contributed by atoms with E-state index in [0.29, 0.717) is 5.92 Å². The Morgan fingerprint density at radius 1 is 0.855 bits per heavy atom. The van der Waals surface area contributed by atoms with Crippen molar-refractivity contribution in [1.82, 2.24) is 4.90 Å². The van der Waals surface area contributed by atoms with E-state index in [1.807, 2.05) is 17.4 Å². The number of benzene rings is 1. The quantitative estimate of drug-likeness (QED) is 0.173. The van der Waals surface area contributed by atoms with Crippen LogP contribution in [0.4, 0.5) is 5.69 Å². The first-order valence-electron chi connectivity index (χ1n) is 26.5. The molecule has 1 atom stereocenters. The SMILES string of the molecule is C=CC1=CCCC(C2=CC(C(C)C)=CCC2N2C3=C([B]c4sc5cc6c(cc5c4N(C(/C=C\CC(C)(C)C)=C/CC(C)(C)C)C/C=C2\C=C/C)C(C)(C)CCC6(C)C)C=C(C(C)(C)C)CC3)=C1C=C. The average Bonchev–Trinajstić information content (AvgIpc) is 3.62.